The molecule has 1 rings (SSSR count). The standard InChI is InChI=1S/C6H10F2N2O.ClH/c1-9-5(11)4-2-6(7,8)3-10-4;/h4,10H,2-3H2,1H3,(H,9,11);1H/t4-;/m0./s1. The number of halogens is 3. The molecule has 1 atom stereocenters. The van der Waals surface area contributed by atoms with E-state index in [1.807, 2.05) is 0 Å². The van der Waals surface area contributed by atoms with Gasteiger partial charge in [-0.1, -0.05) is 0 Å². The highest BCUT2D eigenvalue weighted by molar-refractivity contribution is 5.85. The van der Waals surface area contributed by atoms with Crippen LogP contribution in [0, 0.1) is 0 Å². The van der Waals surface area contributed by atoms with Crippen LogP contribution in [-0.2, 0) is 4.79 Å². The maximum atomic E-state index is 12.4. The fraction of sp³-hybridized carbons (Fsp3) is 0.833. The van der Waals surface area contributed by atoms with Crippen LogP contribution in [0.25, 0.3) is 0 Å². The van der Waals surface area contributed by atoms with Crippen LogP contribution in [0.3, 0.4) is 0 Å². The Morgan fingerprint density at radius 3 is 2.58 bits per heavy atom. The first-order chi connectivity index (χ1) is 5.05. The predicted molar refractivity (Wildman–Crippen MR) is 42.7 cm³/mol. The van der Waals surface area contributed by atoms with Gasteiger partial charge in [0.15, 0.2) is 0 Å². The van der Waals surface area contributed by atoms with E-state index in [2.05, 4.69) is 10.6 Å². The summed E-state index contributed by atoms with van der Waals surface area (Å²) in [5.41, 5.74) is 0. The number of likely N-dealkylation sites (N-methyl/N-ethyl adjacent to an activating group) is 1. The van der Waals surface area contributed by atoms with Crippen molar-refractivity contribution in [1.82, 2.24) is 10.6 Å². The molecule has 1 amide bonds. The minimum atomic E-state index is -2.73. The Balaban J connectivity index is 0.00000121. The van der Waals surface area contributed by atoms with Gasteiger partial charge in [-0.05, 0) is 0 Å². The summed E-state index contributed by atoms with van der Waals surface area (Å²) >= 11 is 0. The molecule has 0 spiro atoms. The second-order valence-electron chi connectivity index (χ2n) is 2.61. The molecule has 0 radical (unpaired) electrons. The SMILES string of the molecule is CNC(=O)[C@@H]1CC(F)(F)CN1.Cl. The fourth-order valence-corrected chi connectivity index (χ4v) is 1.08. The quantitative estimate of drug-likeness (QED) is 0.633. The van der Waals surface area contributed by atoms with Crippen LogP contribution in [0.4, 0.5) is 8.78 Å². The number of alkyl halides is 2. The van der Waals surface area contributed by atoms with Gasteiger partial charge in [0.1, 0.15) is 0 Å². The number of hydrogen-bond donors (Lipinski definition) is 2. The Labute approximate surface area is 75.3 Å². The topological polar surface area (TPSA) is 41.1 Å². The summed E-state index contributed by atoms with van der Waals surface area (Å²) in [6.07, 6.45) is -0.396. The van der Waals surface area contributed by atoms with Gasteiger partial charge in [-0.2, -0.15) is 0 Å². The third kappa shape index (κ3) is 2.57. The van der Waals surface area contributed by atoms with E-state index in [1.165, 1.54) is 7.05 Å². The molecule has 0 unspecified atom stereocenters. The third-order valence-corrected chi connectivity index (χ3v) is 1.67. The van der Waals surface area contributed by atoms with Crippen molar-refractivity contribution in [2.75, 3.05) is 13.6 Å². The fourth-order valence-electron chi connectivity index (χ4n) is 1.08. The van der Waals surface area contributed by atoms with Gasteiger partial charge >= 0.3 is 0 Å². The second-order valence-corrected chi connectivity index (χ2v) is 2.61. The lowest BCUT2D eigenvalue weighted by Gasteiger charge is -2.07. The summed E-state index contributed by atoms with van der Waals surface area (Å²) in [7, 11) is 1.43. The van der Waals surface area contributed by atoms with Crippen molar-refractivity contribution in [1.29, 1.82) is 0 Å². The molecule has 1 aliphatic rings. The molecule has 1 heterocycles. The molecule has 0 aromatic rings. The molecule has 1 saturated heterocycles. The summed E-state index contributed by atoms with van der Waals surface area (Å²) in [4.78, 5) is 10.8. The minimum absolute atomic E-state index is 0. The van der Waals surface area contributed by atoms with Gasteiger partial charge < -0.3 is 5.32 Å². The van der Waals surface area contributed by atoms with E-state index in [4.69, 9.17) is 0 Å². The van der Waals surface area contributed by atoms with Crippen molar-refractivity contribution < 1.29 is 13.6 Å². The number of hydrogen-bond acceptors (Lipinski definition) is 2. The Morgan fingerprint density at radius 2 is 2.25 bits per heavy atom. The Morgan fingerprint density at radius 1 is 1.67 bits per heavy atom. The molecule has 0 aliphatic carbocycles. The van der Waals surface area contributed by atoms with Crippen molar-refractivity contribution in [2.45, 2.75) is 18.4 Å². The zero-order chi connectivity index (χ0) is 8.48. The van der Waals surface area contributed by atoms with E-state index in [1.54, 1.807) is 0 Å². The normalized spacial score (nSPS) is 26.1. The Kier molecular flexibility index (Phi) is 3.86. The van der Waals surface area contributed by atoms with Crippen molar-refractivity contribution in [3.63, 3.8) is 0 Å². The molecule has 3 nitrogen and oxygen atoms in total. The van der Waals surface area contributed by atoms with E-state index >= 15 is 0 Å². The zero-order valence-electron chi connectivity index (χ0n) is 6.56. The molecule has 1 fully saturated rings. The van der Waals surface area contributed by atoms with Crippen molar-refractivity contribution in [2.24, 2.45) is 0 Å². The summed E-state index contributed by atoms with van der Waals surface area (Å²) in [6.45, 7) is -0.398. The molecule has 0 aromatic carbocycles. The molecular weight excluding hydrogens is 190 g/mol. The lowest BCUT2D eigenvalue weighted by molar-refractivity contribution is -0.122. The van der Waals surface area contributed by atoms with Crippen LogP contribution in [0.15, 0.2) is 0 Å². The van der Waals surface area contributed by atoms with Crippen molar-refractivity contribution in [3.05, 3.63) is 0 Å². The van der Waals surface area contributed by atoms with Crippen molar-refractivity contribution in [3.8, 4) is 0 Å². The van der Waals surface area contributed by atoms with E-state index < -0.39 is 24.9 Å². The molecule has 0 aromatic heterocycles. The van der Waals surface area contributed by atoms with Gasteiger partial charge in [0.05, 0.1) is 12.6 Å². The Bertz CT molecular complexity index is 177. The summed E-state index contributed by atoms with van der Waals surface area (Å²) in [6, 6.07) is -0.727. The lowest BCUT2D eigenvalue weighted by atomic mass is 10.2. The number of amides is 1. The second kappa shape index (κ2) is 4.00. The molecular formula is C6H11ClF2N2O. The van der Waals surface area contributed by atoms with Gasteiger partial charge in [0, 0.05) is 13.5 Å². The highest BCUT2D eigenvalue weighted by Crippen LogP contribution is 2.24. The number of rotatable bonds is 1. The van der Waals surface area contributed by atoms with Gasteiger partial charge in [0.25, 0.3) is 5.92 Å². The average molecular weight is 201 g/mol. The maximum Gasteiger partial charge on any atom is 0.262 e. The Hall–Kier alpha value is -0.420. The minimum Gasteiger partial charge on any atom is -0.358 e. The summed E-state index contributed by atoms with van der Waals surface area (Å²) in [5.74, 6) is -3.10. The molecule has 1 aliphatic heterocycles. The van der Waals surface area contributed by atoms with E-state index in [-0.39, 0.29) is 18.3 Å². The first-order valence-electron chi connectivity index (χ1n) is 3.38. The average Bonchev–Trinajstić information content (AvgIpc) is 2.29. The van der Waals surface area contributed by atoms with Gasteiger partial charge in [-0.15, -0.1) is 12.4 Å². The largest absolute Gasteiger partial charge is 0.358 e. The van der Waals surface area contributed by atoms with Gasteiger partial charge in [0.2, 0.25) is 5.91 Å². The van der Waals surface area contributed by atoms with Gasteiger partial charge in [-0.25, -0.2) is 8.78 Å². The molecule has 72 valence electrons. The lowest BCUT2D eigenvalue weighted by Crippen LogP contribution is -2.38. The number of carbonyl (C=O) groups excluding carboxylic acids is 1. The first kappa shape index (κ1) is 11.6. The predicted octanol–water partition coefficient (Wildman–Crippen LogP) is 0.151. The first-order valence-corrected chi connectivity index (χ1v) is 3.38. The summed E-state index contributed by atoms with van der Waals surface area (Å²) in [5, 5.41) is 4.75. The van der Waals surface area contributed by atoms with Crippen LogP contribution in [0.1, 0.15) is 6.42 Å². The van der Waals surface area contributed by atoms with Gasteiger partial charge in [-0.3, -0.25) is 10.1 Å². The third-order valence-electron chi connectivity index (χ3n) is 1.67. The highest BCUT2D eigenvalue weighted by Gasteiger charge is 2.41. The van der Waals surface area contributed by atoms with Crippen LogP contribution in [0.5, 0.6) is 0 Å². The number of carbonyl (C=O) groups is 1. The summed E-state index contributed by atoms with van der Waals surface area (Å²) < 4.78 is 24.9. The maximum absolute atomic E-state index is 12.4. The highest BCUT2D eigenvalue weighted by atomic mass is 35.5. The van der Waals surface area contributed by atoms with E-state index in [9.17, 15) is 13.6 Å². The van der Waals surface area contributed by atoms with E-state index in [0.29, 0.717) is 0 Å². The molecule has 12 heavy (non-hydrogen) atoms. The number of nitrogens with one attached hydrogen (secondary N) is 2. The smallest absolute Gasteiger partial charge is 0.262 e. The van der Waals surface area contributed by atoms with Crippen LogP contribution in [0.2, 0.25) is 0 Å². The van der Waals surface area contributed by atoms with E-state index in [0.717, 1.165) is 0 Å². The molecule has 2 N–H and O–H groups in total. The zero-order valence-corrected chi connectivity index (χ0v) is 7.38. The molecule has 6 heteroatoms. The van der Waals surface area contributed by atoms with Crippen LogP contribution >= 0.6 is 12.4 Å². The van der Waals surface area contributed by atoms with Crippen LogP contribution < -0.4 is 10.6 Å². The molecule has 0 bridgehead atoms. The molecule has 0 saturated carbocycles. The van der Waals surface area contributed by atoms with Crippen molar-refractivity contribution >= 4 is 18.3 Å². The monoisotopic (exact) mass is 200 g/mol. The van der Waals surface area contributed by atoms with Crippen LogP contribution in [-0.4, -0.2) is 31.5 Å².